The summed E-state index contributed by atoms with van der Waals surface area (Å²) >= 11 is 6.26. The van der Waals surface area contributed by atoms with Gasteiger partial charge in [0.25, 0.3) is 5.91 Å². The molecule has 1 N–H and O–H groups in total. The molecule has 3 aromatic rings. The minimum absolute atomic E-state index is 0.134. The van der Waals surface area contributed by atoms with Crippen LogP contribution in [0.3, 0.4) is 0 Å². The lowest BCUT2D eigenvalue weighted by Gasteiger charge is -2.44. The van der Waals surface area contributed by atoms with Crippen molar-refractivity contribution < 1.29 is 14.0 Å². The third-order valence-electron chi connectivity index (χ3n) is 6.84. The molecule has 1 aliphatic heterocycles. The summed E-state index contributed by atoms with van der Waals surface area (Å²) in [4.78, 5) is 29.2. The minimum Gasteiger partial charge on any atom is -0.460 e. The molecule has 1 aromatic carbocycles. The van der Waals surface area contributed by atoms with E-state index in [0.29, 0.717) is 28.5 Å². The van der Waals surface area contributed by atoms with Crippen molar-refractivity contribution in [2.24, 2.45) is 0 Å². The molecule has 0 unspecified atom stereocenters. The van der Waals surface area contributed by atoms with Gasteiger partial charge in [-0.2, -0.15) is 0 Å². The van der Waals surface area contributed by atoms with Crippen LogP contribution in [-0.2, 0) is 11.3 Å². The van der Waals surface area contributed by atoms with Gasteiger partial charge in [0, 0.05) is 28.9 Å². The Morgan fingerprint density at radius 2 is 1.91 bits per heavy atom. The van der Waals surface area contributed by atoms with Crippen molar-refractivity contribution in [3.8, 4) is 0 Å². The molecule has 5 rings (SSSR count). The molecule has 1 saturated carbocycles. The van der Waals surface area contributed by atoms with E-state index in [2.05, 4.69) is 5.32 Å². The molecule has 0 spiro atoms. The molecule has 7 heteroatoms. The highest BCUT2D eigenvalue weighted by molar-refractivity contribution is 6.31. The third kappa shape index (κ3) is 3.51. The number of hydrogen-bond donors (Lipinski definition) is 1. The van der Waals surface area contributed by atoms with E-state index in [9.17, 15) is 9.59 Å². The third-order valence-corrected chi connectivity index (χ3v) is 7.08. The standard InChI is InChI=1S/C25H28ClN3O3/c1-16-12-20-22(32-16)14-21-23(30)29(19-11-7-8-17(26)13-19)25(2,15-28(20)21)24(31)27-18-9-5-3-4-6-10-18/h7-8,11-14,18H,3-6,9-10,15H2,1-2H3,(H,27,31)/t25-/m0/s1. The smallest absolute Gasteiger partial charge is 0.276 e. The number of aromatic nitrogens is 1. The van der Waals surface area contributed by atoms with Crippen molar-refractivity contribution in [1.82, 2.24) is 9.88 Å². The maximum Gasteiger partial charge on any atom is 0.276 e. The number of rotatable bonds is 3. The summed E-state index contributed by atoms with van der Waals surface area (Å²) < 4.78 is 7.70. The molecule has 6 nitrogen and oxygen atoms in total. The second kappa shape index (κ2) is 8.00. The Morgan fingerprint density at radius 1 is 1.16 bits per heavy atom. The van der Waals surface area contributed by atoms with Gasteiger partial charge in [-0.1, -0.05) is 43.4 Å². The number of halogens is 1. The zero-order valence-electron chi connectivity index (χ0n) is 18.5. The molecule has 1 fully saturated rings. The van der Waals surface area contributed by atoms with Gasteiger partial charge in [0.15, 0.2) is 5.58 Å². The summed E-state index contributed by atoms with van der Waals surface area (Å²) in [6.45, 7) is 4.06. The van der Waals surface area contributed by atoms with Crippen molar-refractivity contribution in [3.63, 3.8) is 0 Å². The number of carbonyl (C=O) groups excluding carboxylic acids is 2. The van der Waals surface area contributed by atoms with E-state index in [1.54, 1.807) is 29.2 Å². The molecule has 2 aliphatic rings. The molecule has 3 heterocycles. The van der Waals surface area contributed by atoms with Crippen LogP contribution in [0, 0.1) is 6.92 Å². The number of aryl methyl sites for hydroxylation is 1. The van der Waals surface area contributed by atoms with Crippen LogP contribution >= 0.6 is 11.6 Å². The number of anilines is 1. The van der Waals surface area contributed by atoms with Gasteiger partial charge in [0.2, 0.25) is 5.91 Å². The first-order valence-electron chi connectivity index (χ1n) is 11.4. The molecule has 32 heavy (non-hydrogen) atoms. The number of benzene rings is 1. The summed E-state index contributed by atoms with van der Waals surface area (Å²) in [5.74, 6) is 0.408. The molecule has 0 radical (unpaired) electrons. The van der Waals surface area contributed by atoms with Gasteiger partial charge in [-0.25, -0.2) is 0 Å². The number of furan rings is 1. The molecule has 168 valence electrons. The van der Waals surface area contributed by atoms with Gasteiger partial charge >= 0.3 is 0 Å². The average molecular weight is 454 g/mol. The highest BCUT2D eigenvalue weighted by Gasteiger charge is 2.49. The molecule has 1 aliphatic carbocycles. The van der Waals surface area contributed by atoms with Gasteiger partial charge in [-0.05, 0) is 44.9 Å². The monoisotopic (exact) mass is 453 g/mol. The Labute approximate surface area is 192 Å². The van der Waals surface area contributed by atoms with Gasteiger partial charge in [-0.15, -0.1) is 0 Å². The molecular formula is C25H28ClN3O3. The van der Waals surface area contributed by atoms with Crippen LogP contribution in [0.4, 0.5) is 5.69 Å². The van der Waals surface area contributed by atoms with Crippen LogP contribution in [0.5, 0.6) is 0 Å². The highest BCUT2D eigenvalue weighted by Crippen LogP contribution is 2.37. The van der Waals surface area contributed by atoms with Crippen LogP contribution in [0.2, 0.25) is 5.02 Å². The summed E-state index contributed by atoms with van der Waals surface area (Å²) in [7, 11) is 0. The Balaban J connectivity index is 1.59. The zero-order valence-corrected chi connectivity index (χ0v) is 19.2. The van der Waals surface area contributed by atoms with E-state index < -0.39 is 5.54 Å². The Morgan fingerprint density at radius 3 is 2.62 bits per heavy atom. The van der Waals surface area contributed by atoms with Crippen molar-refractivity contribution in [2.45, 2.75) is 70.5 Å². The largest absolute Gasteiger partial charge is 0.460 e. The molecule has 0 bridgehead atoms. The number of carbonyl (C=O) groups is 2. The predicted molar refractivity (Wildman–Crippen MR) is 125 cm³/mol. The SMILES string of the molecule is Cc1cc2c(cc3n2C[C@@](C)(C(=O)NC2CCCCCC2)N(c2cccc(Cl)c2)C3=O)o1. The number of amides is 2. The summed E-state index contributed by atoms with van der Waals surface area (Å²) in [6.07, 6.45) is 6.62. The van der Waals surface area contributed by atoms with Gasteiger partial charge in [0.1, 0.15) is 17.0 Å². The van der Waals surface area contributed by atoms with Crippen molar-refractivity contribution in [1.29, 1.82) is 0 Å². The van der Waals surface area contributed by atoms with E-state index in [1.807, 2.05) is 30.5 Å². The first-order chi connectivity index (χ1) is 15.4. The van der Waals surface area contributed by atoms with Gasteiger partial charge in [0.05, 0.1) is 12.1 Å². The normalized spacial score (nSPS) is 22.1. The number of hydrogen-bond acceptors (Lipinski definition) is 3. The lowest BCUT2D eigenvalue weighted by molar-refractivity contribution is -0.127. The quantitative estimate of drug-likeness (QED) is 0.536. The molecule has 1 atom stereocenters. The Kier molecular flexibility index (Phi) is 5.28. The molecule has 2 aromatic heterocycles. The predicted octanol–water partition coefficient (Wildman–Crippen LogP) is 5.45. The van der Waals surface area contributed by atoms with E-state index in [0.717, 1.165) is 37.0 Å². The minimum atomic E-state index is -1.11. The van der Waals surface area contributed by atoms with E-state index in [1.165, 1.54) is 12.8 Å². The van der Waals surface area contributed by atoms with Crippen LogP contribution < -0.4 is 10.2 Å². The average Bonchev–Trinajstić information content (AvgIpc) is 3.14. The Bertz CT molecular complexity index is 1190. The van der Waals surface area contributed by atoms with Crippen LogP contribution in [0.1, 0.15) is 61.7 Å². The topological polar surface area (TPSA) is 67.5 Å². The first-order valence-corrected chi connectivity index (χ1v) is 11.8. The fraction of sp³-hybridized carbons (Fsp3) is 0.440. The number of fused-ring (bicyclic) bond motifs is 3. The number of nitrogens with zero attached hydrogens (tertiary/aromatic N) is 2. The fourth-order valence-corrected chi connectivity index (χ4v) is 5.37. The lowest BCUT2D eigenvalue weighted by Crippen LogP contribution is -2.65. The van der Waals surface area contributed by atoms with Crippen molar-refractivity contribution >= 4 is 40.2 Å². The summed E-state index contributed by atoms with van der Waals surface area (Å²) in [5, 5.41) is 3.80. The molecule has 0 saturated heterocycles. The highest BCUT2D eigenvalue weighted by atomic mass is 35.5. The fourth-order valence-electron chi connectivity index (χ4n) is 5.19. The lowest BCUT2D eigenvalue weighted by atomic mass is 9.92. The van der Waals surface area contributed by atoms with E-state index >= 15 is 0 Å². The van der Waals surface area contributed by atoms with E-state index in [4.69, 9.17) is 16.0 Å². The molecule has 2 amide bonds. The maximum absolute atomic E-state index is 13.8. The summed E-state index contributed by atoms with van der Waals surface area (Å²) in [5.41, 5.74) is 1.51. The van der Waals surface area contributed by atoms with Gasteiger partial charge in [-0.3, -0.25) is 14.5 Å². The second-order valence-electron chi connectivity index (χ2n) is 9.28. The van der Waals surface area contributed by atoms with Crippen LogP contribution in [-0.4, -0.2) is 28.0 Å². The second-order valence-corrected chi connectivity index (χ2v) is 9.71. The summed E-state index contributed by atoms with van der Waals surface area (Å²) in [6, 6.07) is 11.0. The van der Waals surface area contributed by atoms with Crippen LogP contribution in [0.25, 0.3) is 11.1 Å². The zero-order chi connectivity index (χ0) is 22.5. The van der Waals surface area contributed by atoms with Crippen molar-refractivity contribution in [2.75, 3.05) is 4.90 Å². The van der Waals surface area contributed by atoms with E-state index in [-0.39, 0.29) is 17.9 Å². The van der Waals surface area contributed by atoms with Crippen LogP contribution in [0.15, 0.2) is 40.8 Å². The molecular weight excluding hydrogens is 426 g/mol. The van der Waals surface area contributed by atoms with Crippen molar-refractivity contribution in [3.05, 3.63) is 52.9 Å². The first kappa shape index (κ1) is 21.1. The maximum atomic E-state index is 13.8. The van der Waals surface area contributed by atoms with Gasteiger partial charge < -0.3 is 14.3 Å². The Hall–Kier alpha value is -2.73. The number of nitrogens with one attached hydrogen (secondary N) is 1.